The van der Waals surface area contributed by atoms with Gasteiger partial charge in [0.05, 0.1) is 11.6 Å². The number of amides is 1. The van der Waals surface area contributed by atoms with Crippen molar-refractivity contribution in [3.05, 3.63) is 59.7 Å². The van der Waals surface area contributed by atoms with Crippen molar-refractivity contribution in [2.24, 2.45) is 0 Å². The van der Waals surface area contributed by atoms with E-state index in [1.165, 1.54) is 18.4 Å². The van der Waals surface area contributed by atoms with Gasteiger partial charge in [0.1, 0.15) is 5.75 Å². The second-order valence-electron chi connectivity index (χ2n) is 5.85. The standard InChI is InChI=1S/C20H22N4O2S/c1-2-3-4-15-5-9-17(10-6-15)22-20(27)24-23-19(25)14-26-18-11-7-16(13-21)8-12-18/h5-12H,2-4,14H2,1H3,(H,23,25)(H2,22,24,27). The van der Waals surface area contributed by atoms with Crippen LogP contribution in [0.4, 0.5) is 5.69 Å². The van der Waals surface area contributed by atoms with Gasteiger partial charge in [-0.3, -0.25) is 15.6 Å². The first kappa shape index (κ1) is 20.2. The molecule has 1 amide bonds. The molecule has 3 N–H and O–H groups in total. The lowest BCUT2D eigenvalue weighted by molar-refractivity contribution is -0.123. The predicted octanol–water partition coefficient (Wildman–Crippen LogP) is 3.30. The zero-order chi connectivity index (χ0) is 19.5. The summed E-state index contributed by atoms with van der Waals surface area (Å²) in [6.07, 6.45) is 3.40. The monoisotopic (exact) mass is 382 g/mol. The lowest BCUT2D eigenvalue weighted by Gasteiger charge is -2.12. The van der Waals surface area contributed by atoms with Crippen LogP contribution in [0.1, 0.15) is 30.9 Å². The van der Waals surface area contributed by atoms with Crippen LogP contribution in [-0.4, -0.2) is 17.6 Å². The van der Waals surface area contributed by atoms with E-state index in [1.807, 2.05) is 18.2 Å². The number of carbonyl (C=O) groups excluding carboxylic acids is 1. The number of thiocarbonyl (C=S) groups is 1. The number of carbonyl (C=O) groups is 1. The Balaban J connectivity index is 1.69. The highest BCUT2D eigenvalue weighted by Gasteiger charge is 2.04. The summed E-state index contributed by atoms with van der Waals surface area (Å²) in [7, 11) is 0. The molecule has 0 saturated heterocycles. The summed E-state index contributed by atoms with van der Waals surface area (Å²) in [6.45, 7) is 2.00. The third-order valence-corrected chi connectivity index (χ3v) is 3.90. The van der Waals surface area contributed by atoms with E-state index in [9.17, 15) is 4.79 Å². The van der Waals surface area contributed by atoms with E-state index in [0.717, 1.165) is 12.1 Å². The summed E-state index contributed by atoms with van der Waals surface area (Å²) in [5.74, 6) is 0.131. The molecule has 0 aliphatic heterocycles. The topological polar surface area (TPSA) is 86.2 Å². The normalized spacial score (nSPS) is 9.78. The number of hydrazine groups is 1. The van der Waals surface area contributed by atoms with Crippen molar-refractivity contribution in [2.75, 3.05) is 11.9 Å². The van der Waals surface area contributed by atoms with E-state index < -0.39 is 0 Å². The summed E-state index contributed by atoms with van der Waals surface area (Å²) in [5.41, 5.74) is 7.76. The van der Waals surface area contributed by atoms with Crippen molar-refractivity contribution in [3.8, 4) is 11.8 Å². The maximum absolute atomic E-state index is 11.8. The van der Waals surface area contributed by atoms with Gasteiger partial charge < -0.3 is 10.1 Å². The number of unbranched alkanes of at least 4 members (excludes halogenated alkanes) is 1. The molecule has 0 atom stereocenters. The van der Waals surface area contributed by atoms with Gasteiger partial charge in [0.25, 0.3) is 5.91 Å². The SMILES string of the molecule is CCCCc1ccc(NC(=S)NNC(=O)COc2ccc(C#N)cc2)cc1. The molecule has 0 fully saturated rings. The molecule has 0 radical (unpaired) electrons. The molecule has 6 nitrogen and oxygen atoms in total. The third-order valence-electron chi connectivity index (χ3n) is 3.70. The number of nitriles is 1. The molecule has 0 unspecified atom stereocenters. The highest BCUT2D eigenvalue weighted by molar-refractivity contribution is 7.80. The number of rotatable bonds is 7. The van der Waals surface area contributed by atoms with E-state index in [4.69, 9.17) is 22.2 Å². The van der Waals surface area contributed by atoms with Crippen LogP contribution in [0.2, 0.25) is 0 Å². The van der Waals surface area contributed by atoms with Crippen LogP contribution < -0.4 is 20.9 Å². The fourth-order valence-corrected chi connectivity index (χ4v) is 2.40. The molecular formula is C20H22N4O2S. The van der Waals surface area contributed by atoms with Gasteiger partial charge in [0.2, 0.25) is 0 Å². The molecule has 0 bridgehead atoms. The lowest BCUT2D eigenvalue weighted by atomic mass is 10.1. The summed E-state index contributed by atoms with van der Waals surface area (Å²) < 4.78 is 5.34. The number of ether oxygens (including phenoxy) is 1. The van der Waals surface area contributed by atoms with E-state index in [0.29, 0.717) is 11.3 Å². The predicted molar refractivity (Wildman–Crippen MR) is 109 cm³/mol. The van der Waals surface area contributed by atoms with E-state index in [1.54, 1.807) is 24.3 Å². The van der Waals surface area contributed by atoms with Crippen LogP contribution in [0, 0.1) is 11.3 Å². The van der Waals surface area contributed by atoms with Crippen molar-refractivity contribution in [1.29, 1.82) is 5.26 Å². The fraction of sp³-hybridized carbons (Fsp3) is 0.250. The Kier molecular flexibility index (Phi) is 8.07. The Labute approximate surface area is 164 Å². The number of hydrogen-bond acceptors (Lipinski definition) is 4. The first-order valence-electron chi connectivity index (χ1n) is 8.68. The van der Waals surface area contributed by atoms with Crippen LogP contribution in [0.25, 0.3) is 0 Å². The number of nitrogens with one attached hydrogen (secondary N) is 3. The van der Waals surface area contributed by atoms with Crippen molar-refractivity contribution in [3.63, 3.8) is 0 Å². The second kappa shape index (κ2) is 10.8. The summed E-state index contributed by atoms with van der Waals surface area (Å²) >= 11 is 5.15. The molecule has 0 aliphatic carbocycles. The van der Waals surface area contributed by atoms with Gasteiger partial charge in [-0.05, 0) is 67.0 Å². The lowest BCUT2D eigenvalue weighted by Crippen LogP contribution is -2.45. The number of aryl methyl sites for hydroxylation is 1. The van der Waals surface area contributed by atoms with Crippen LogP contribution in [-0.2, 0) is 11.2 Å². The van der Waals surface area contributed by atoms with E-state index in [-0.39, 0.29) is 17.6 Å². The van der Waals surface area contributed by atoms with Gasteiger partial charge in [-0.1, -0.05) is 25.5 Å². The number of nitrogens with zero attached hydrogens (tertiary/aromatic N) is 1. The molecule has 140 valence electrons. The Bertz CT molecular complexity index is 798. The largest absolute Gasteiger partial charge is 0.484 e. The van der Waals surface area contributed by atoms with E-state index in [2.05, 4.69) is 35.2 Å². The minimum Gasteiger partial charge on any atom is -0.484 e. The molecule has 0 aliphatic rings. The maximum atomic E-state index is 11.8. The minimum absolute atomic E-state index is 0.173. The average molecular weight is 382 g/mol. The number of hydrogen-bond donors (Lipinski definition) is 3. The van der Waals surface area contributed by atoms with E-state index >= 15 is 0 Å². The van der Waals surface area contributed by atoms with Crippen molar-refractivity contribution in [1.82, 2.24) is 10.9 Å². The fourth-order valence-electron chi connectivity index (χ4n) is 2.24. The Hall–Kier alpha value is -3.11. The van der Waals surface area contributed by atoms with Gasteiger partial charge in [-0.25, -0.2) is 0 Å². The maximum Gasteiger partial charge on any atom is 0.276 e. The molecule has 2 aromatic carbocycles. The Morgan fingerprint density at radius 3 is 2.44 bits per heavy atom. The van der Waals surface area contributed by atoms with Gasteiger partial charge in [-0.2, -0.15) is 5.26 Å². The molecule has 2 rings (SSSR count). The van der Waals surface area contributed by atoms with Crippen LogP contribution >= 0.6 is 12.2 Å². The molecule has 2 aromatic rings. The molecule has 0 heterocycles. The number of benzene rings is 2. The smallest absolute Gasteiger partial charge is 0.276 e. The van der Waals surface area contributed by atoms with Crippen molar-refractivity contribution in [2.45, 2.75) is 26.2 Å². The van der Waals surface area contributed by atoms with Gasteiger partial charge in [-0.15, -0.1) is 0 Å². The molecule has 0 saturated carbocycles. The van der Waals surface area contributed by atoms with Crippen LogP contribution in [0.15, 0.2) is 48.5 Å². The van der Waals surface area contributed by atoms with Crippen molar-refractivity contribution < 1.29 is 9.53 Å². The summed E-state index contributed by atoms with van der Waals surface area (Å²) in [6, 6.07) is 16.6. The zero-order valence-corrected chi connectivity index (χ0v) is 15.9. The second-order valence-corrected chi connectivity index (χ2v) is 6.26. The minimum atomic E-state index is -0.376. The number of anilines is 1. The first-order valence-corrected chi connectivity index (χ1v) is 9.09. The Morgan fingerprint density at radius 2 is 1.81 bits per heavy atom. The average Bonchev–Trinajstić information content (AvgIpc) is 2.70. The molecule has 7 heteroatoms. The molecule has 0 aromatic heterocycles. The highest BCUT2D eigenvalue weighted by atomic mass is 32.1. The first-order chi connectivity index (χ1) is 13.1. The van der Waals surface area contributed by atoms with Gasteiger partial charge in [0.15, 0.2) is 11.7 Å². The summed E-state index contributed by atoms with van der Waals surface area (Å²) in [4.78, 5) is 11.8. The van der Waals surface area contributed by atoms with Crippen LogP contribution in [0.5, 0.6) is 5.75 Å². The quantitative estimate of drug-likeness (QED) is 0.503. The van der Waals surface area contributed by atoms with Crippen LogP contribution in [0.3, 0.4) is 0 Å². The zero-order valence-electron chi connectivity index (χ0n) is 15.1. The molecule has 27 heavy (non-hydrogen) atoms. The van der Waals surface area contributed by atoms with Crippen molar-refractivity contribution >= 4 is 28.9 Å². The summed E-state index contributed by atoms with van der Waals surface area (Å²) in [5, 5.41) is 12.0. The van der Waals surface area contributed by atoms with Gasteiger partial charge in [0, 0.05) is 5.69 Å². The highest BCUT2D eigenvalue weighted by Crippen LogP contribution is 2.12. The Morgan fingerprint density at radius 1 is 1.11 bits per heavy atom. The van der Waals surface area contributed by atoms with Gasteiger partial charge >= 0.3 is 0 Å². The third kappa shape index (κ3) is 7.34. The molecular weight excluding hydrogens is 360 g/mol. The molecule has 0 spiro atoms.